The van der Waals surface area contributed by atoms with E-state index in [-0.39, 0.29) is 0 Å². The molecule has 90 valence electrons. The molecule has 3 heteroatoms. The first-order valence-corrected chi connectivity index (χ1v) is 6.25. The second kappa shape index (κ2) is 5.44. The Morgan fingerprint density at radius 2 is 2.00 bits per heavy atom. The minimum absolute atomic E-state index is 0.752. The molecule has 0 aromatic heterocycles. The van der Waals surface area contributed by atoms with Gasteiger partial charge in [-0.25, -0.2) is 0 Å². The van der Waals surface area contributed by atoms with Crippen molar-refractivity contribution < 1.29 is 0 Å². The molecule has 1 saturated heterocycles. The third-order valence-corrected chi connectivity index (χ3v) is 3.61. The second-order valence-corrected chi connectivity index (χ2v) is 4.81. The Kier molecular flexibility index (Phi) is 3.93. The molecule has 1 aliphatic rings. The van der Waals surface area contributed by atoms with Crippen molar-refractivity contribution in [3.63, 3.8) is 0 Å². The lowest BCUT2D eigenvalue weighted by Gasteiger charge is -2.35. The lowest BCUT2D eigenvalue weighted by molar-refractivity contribution is 0.288. The van der Waals surface area contributed by atoms with Crippen LogP contribution in [0.3, 0.4) is 0 Å². The lowest BCUT2D eigenvalue weighted by atomic mass is 10.2. The molecule has 0 atom stereocenters. The first-order valence-electron chi connectivity index (χ1n) is 5.87. The number of piperazine rings is 1. The van der Waals surface area contributed by atoms with Crippen LogP contribution < -0.4 is 4.90 Å². The van der Waals surface area contributed by atoms with E-state index in [0.29, 0.717) is 0 Å². The van der Waals surface area contributed by atoms with Gasteiger partial charge in [0.2, 0.25) is 0 Å². The van der Waals surface area contributed by atoms with Crippen LogP contribution in [0.25, 0.3) is 0 Å². The standard InChI is InChI=1S/C14H17ClN2/c1-3-6-16-7-9-17(10-8-16)13-5-4-12(2)14(15)11-13/h1,4-5,11H,6-10H2,2H3. The molecule has 0 unspecified atom stereocenters. The summed E-state index contributed by atoms with van der Waals surface area (Å²) in [5.74, 6) is 2.69. The predicted molar refractivity (Wildman–Crippen MR) is 73.7 cm³/mol. The van der Waals surface area contributed by atoms with E-state index < -0.39 is 0 Å². The number of hydrogen-bond acceptors (Lipinski definition) is 2. The van der Waals surface area contributed by atoms with Crippen molar-refractivity contribution in [2.75, 3.05) is 37.6 Å². The Morgan fingerprint density at radius 1 is 1.29 bits per heavy atom. The molecular weight excluding hydrogens is 232 g/mol. The molecule has 2 nitrogen and oxygen atoms in total. The molecule has 2 rings (SSSR count). The van der Waals surface area contributed by atoms with E-state index in [1.54, 1.807) is 0 Å². The summed E-state index contributed by atoms with van der Waals surface area (Å²) in [6, 6.07) is 6.26. The van der Waals surface area contributed by atoms with E-state index in [2.05, 4.69) is 27.9 Å². The molecule has 1 aromatic carbocycles. The van der Waals surface area contributed by atoms with Crippen LogP contribution in [0.5, 0.6) is 0 Å². The van der Waals surface area contributed by atoms with Crippen molar-refractivity contribution in [1.82, 2.24) is 4.90 Å². The zero-order valence-corrected chi connectivity index (χ0v) is 10.9. The molecule has 1 aliphatic heterocycles. The highest BCUT2D eigenvalue weighted by Gasteiger charge is 2.16. The van der Waals surface area contributed by atoms with E-state index >= 15 is 0 Å². The maximum atomic E-state index is 6.15. The number of terminal acetylenes is 1. The zero-order valence-electron chi connectivity index (χ0n) is 10.1. The van der Waals surface area contributed by atoms with Gasteiger partial charge in [0.25, 0.3) is 0 Å². The molecule has 0 radical (unpaired) electrons. The molecule has 0 amide bonds. The van der Waals surface area contributed by atoms with Crippen LogP contribution >= 0.6 is 11.6 Å². The number of rotatable bonds is 2. The van der Waals surface area contributed by atoms with Crippen LogP contribution in [0, 0.1) is 19.3 Å². The molecule has 1 heterocycles. The van der Waals surface area contributed by atoms with Crippen molar-refractivity contribution in [2.45, 2.75) is 6.92 Å². The van der Waals surface area contributed by atoms with Crippen LogP contribution in [-0.2, 0) is 0 Å². The normalized spacial score (nSPS) is 16.9. The van der Waals surface area contributed by atoms with Crippen LogP contribution in [0.15, 0.2) is 18.2 Å². The molecule has 0 bridgehead atoms. The van der Waals surface area contributed by atoms with Crippen LogP contribution in [-0.4, -0.2) is 37.6 Å². The maximum Gasteiger partial charge on any atom is 0.0600 e. The summed E-state index contributed by atoms with van der Waals surface area (Å²) in [6.45, 7) is 6.85. The summed E-state index contributed by atoms with van der Waals surface area (Å²) in [4.78, 5) is 4.66. The van der Waals surface area contributed by atoms with Crippen molar-refractivity contribution in [3.05, 3.63) is 28.8 Å². The summed E-state index contributed by atoms with van der Waals surface area (Å²) in [5, 5.41) is 0.841. The van der Waals surface area contributed by atoms with E-state index in [1.807, 2.05) is 13.0 Å². The highest BCUT2D eigenvalue weighted by atomic mass is 35.5. The fourth-order valence-electron chi connectivity index (χ4n) is 2.07. The van der Waals surface area contributed by atoms with Gasteiger partial charge in [-0.3, -0.25) is 4.90 Å². The second-order valence-electron chi connectivity index (χ2n) is 4.40. The van der Waals surface area contributed by atoms with E-state index in [4.69, 9.17) is 18.0 Å². The summed E-state index contributed by atoms with van der Waals surface area (Å²) in [5.41, 5.74) is 2.34. The fourth-order valence-corrected chi connectivity index (χ4v) is 2.25. The number of nitrogens with zero attached hydrogens (tertiary/aromatic N) is 2. The minimum Gasteiger partial charge on any atom is -0.369 e. The predicted octanol–water partition coefficient (Wildman–Crippen LogP) is 2.40. The average Bonchev–Trinajstić information content (AvgIpc) is 2.34. The van der Waals surface area contributed by atoms with Gasteiger partial charge < -0.3 is 4.90 Å². The van der Waals surface area contributed by atoms with Crippen molar-refractivity contribution in [3.8, 4) is 12.3 Å². The molecule has 1 fully saturated rings. The van der Waals surface area contributed by atoms with Gasteiger partial charge in [-0.1, -0.05) is 23.6 Å². The Morgan fingerprint density at radius 3 is 2.59 bits per heavy atom. The topological polar surface area (TPSA) is 6.48 Å². The summed E-state index contributed by atoms with van der Waals surface area (Å²) < 4.78 is 0. The third kappa shape index (κ3) is 2.94. The smallest absolute Gasteiger partial charge is 0.0600 e. The van der Waals surface area contributed by atoms with E-state index in [1.165, 1.54) is 5.69 Å². The first-order chi connectivity index (χ1) is 8.20. The van der Waals surface area contributed by atoms with E-state index in [0.717, 1.165) is 43.3 Å². The lowest BCUT2D eigenvalue weighted by Crippen LogP contribution is -2.46. The zero-order chi connectivity index (χ0) is 12.3. The van der Waals surface area contributed by atoms with Crippen LogP contribution in [0.2, 0.25) is 5.02 Å². The molecular formula is C14H17ClN2. The molecule has 0 aliphatic carbocycles. The van der Waals surface area contributed by atoms with Gasteiger partial charge in [0.1, 0.15) is 0 Å². The minimum atomic E-state index is 0.752. The monoisotopic (exact) mass is 248 g/mol. The summed E-state index contributed by atoms with van der Waals surface area (Å²) in [6.07, 6.45) is 5.32. The van der Waals surface area contributed by atoms with Crippen molar-refractivity contribution in [2.24, 2.45) is 0 Å². The Balaban J connectivity index is 2.01. The van der Waals surface area contributed by atoms with Gasteiger partial charge in [-0.2, -0.15) is 0 Å². The average molecular weight is 249 g/mol. The number of aryl methyl sites for hydroxylation is 1. The van der Waals surface area contributed by atoms with Crippen molar-refractivity contribution >= 4 is 17.3 Å². The van der Waals surface area contributed by atoms with Gasteiger partial charge in [0.15, 0.2) is 0 Å². The molecule has 17 heavy (non-hydrogen) atoms. The summed E-state index contributed by atoms with van der Waals surface area (Å²) in [7, 11) is 0. The number of benzene rings is 1. The van der Waals surface area contributed by atoms with Gasteiger partial charge in [-0.15, -0.1) is 6.42 Å². The first kappa shape index (κ1) is 12.3. The third-order valence-electron chi connectivity index (χ3n) is 3.21. The largest absolute Gasteiger partial charge is 0.369 e. The molecule has 1 aromatic rings. The summed E-state index contributed by atoms with van der Waals surface area (Å²) >= 11 is 6.15. The quantitative estimate of drug-likeness (QED) is 0.742. The van der Waals surface area contributed by atoms with Gasteiger partial charge >= 0.3 is 0 Å². The highest BCUT2D eigenvalue weighted by Crippen LogP contribution is 2.23. The molecule has 0 spiro atoms. The number of hydrogen-bond donors (Lipinski definition) is 0. The Bertz CT molecular complexity index is 428. The Hall–Kier alpha value is -1.17. The van der Waals surface area contributed by atoms with Crippen molar-refractivity contribution in [1.29, 1.82) is 0 Å². The van der Waals surface area contributed by atoms with Gasteiger partial charge in [0, 0.05) is 36.9 Å². The number of halogens is 1. The molecule has 0 N–H and O–H groups in total. The Labute approximate surface area is 108 Å². The van der Waals surface area contributed by atoms with Gasteiger partial charge in [0.05, 0.1) is 6.54 Å². The fraction of sp³-hybridized carbons (Fsp3) is 0.429. The van der Waals surface area contributed by atoms with Crippen LogP contribution in [0.4, 0.5) is 5.69 Å². The number of anilines is 1. The highest BCUT2D eigenvalue weighted by molar-refractivity contribution is 6.31. The van der Waals surface area contributed by atoms with E-state index in [9.17, 15) is 0 Å². The van der Waals surface area contributed by atoms with Crippen LogP contribution in [0.1, 0.15) is 5.56 Å². The van der Waals surface area contributed by atoms with Gasteiger partial charge in [-0.05, 0) is 24.6 Å². The molecule has 0 saturated carbocycles. The SMILES string of the molecule is C#CCN1CCN(c2ccc(C)c(Cl)c2)CC1. The maximum absolute atomic E-state index is 6.15.